The number of hydrogen-bond acceptors (Lipinski definition) is 4. The molecular formula is C18H22N4O. The van der Waals surface area contributed by atoms with E-state index < -0.39 is 0 Å². The van der Waals surface area contributed by atoms with Crippen molar-refractivity contribution >= 4 is 11.9 Å². The maximum Gasteiger partial charge on any atom is 0.259 e. The molecule has 0 saturated carbocycles. The van der Waals surface area contributed by atoms with Crippen LogP contribution >= 0.6 is 0 Å². The Hall–Kier alpha value is -2.14. The lowest BCUT2D eigenvalue weighted by Crippen LogP contribution is -2.53. The van der Waals surface area contributed by atoms with Gasteiger partial charge in [-0.3, -0.25) is 14.7 Å². The number of rotatable bonds is 2. The highest BCUT2D eigenvalue weighted by atomic mass is 16.2. The molecule has 0 aliphatic carbocycles. The summed E-state index contributed by atoms with van der Waals surface area (Å²) in [6, 6.07) is 8.38. The predicted octanol–water partition coefficient (Wildman–Crippen LogP) is 1.60. The zero-order chi connectivity index (χ0) is 16.0. The molecule has 1 aromatic rings. The van der Waals surface area contributed by atoms with Crippen LogP contribution in [0.25, 0.3) is 0 Å². The molecule has 3 heterocycles. The number of fused-ring (bicyclic) bond motifs is 2. The Morgan fingerprint density at radius 3 is 2.74 bits per heavy atom. The topological polar surface area (TPSA) is 39.2 Å². The van der Waals surface area contributed by atoms with E-state index >= 15 is 0 Å². The van der Waals surface area contributed by atoms with Crippen LogP contribution in [-0.2, 0) is 11.3 Å². The Morgan fingerprint density at radius 1 is 1.17 bits per heavy atom. The summed E-state index contributed by atoms with van der Waals surface area (Å²) < 4.78 is 0. The van der Waals surface area contributed by atoms with Crippen molar-refractivity contribution in [1.82, 2.24) is 14.7 Å². The van der Waals surface area contributed by atoms with Crippen LogP contribution in [0.1, 0.15) is 17.5 Å². The van der Waals surface area contributed by atoms with Crippen LogP contribution < -0.4 is 0 Å². The normalized spacial score (nSPS) is 21.5. The Balaban J connectivity index is 1.68. The van der Waals surface area contributed by atoms with Crippen molar-refractivity contribution in [2.75, 3.05) is 33.2 Å². The molecular weight excluding hydrogens is 288 g/mol. The fourth-order valence-electron chi connectivity index (χ4n) is 3.57. The number of carbonyl (C=O) groups excluding carboxylic acids is 1. The minimum Gasteiger partial charge on any atom is -0.314 e. The summed E-state index contributed by atoms with van der Waals surface area (Å²) >= 11 is 0. The SMILES string of the molecule is Cc1ccc(CN2C(=O)C3=C(CCN(C)C3)N3CCN=C23)cc1. The van der Waals surface area contributed by atoms with Gasteiger partial charge in [0.2, 0.25) is 5.96 Å². The van der Waals surface area contributed by atoms with E-state index in [0.717, 1.165) is 49.7 Å². The zero-order valence-corrected chi connectivity index (χ0v) is 13.7. The van der Waals surface area contributed by atoms with E-state index in [-0.39, 0.29) is 5.91 Å². The van der Waals surface area contributed by atoms with Crippen LogP contribution in [0.5, 0.6) is 0 Å². The van der Waals surface area contributed by atoms with Gasteiger partial charge in [0, 0.05) is 31.8 Å². The van der Waals surface area contributed by atoms with E-state index in [2.05, 4.69) is 53.0 Å². The van der Waals surface area contributed by atoms with Gasteiger partial charge in [-0.1, -0.05) is 29.8 Å². The highest BCUT2D eigenvalue weighted by Gasteiger charge is 2.40. The number of guanidine groups is 1. The van der Waals surface area contributed by atoms with E-state index in [4.69, 9.17) is 0 Å². The number of aryl methyl sites for hydroxylation is 1. The summed E-state index contributed by atoms with van der Waals surface area (Å²) in [4.78, 5) is 24.0. The van der Waals surface area contributed by atoms with E-state index in [9.17, 15) is 4.79 Å². The summed E-state index contributed by atoms with van der Waals surface area (Å²) in [7, 11) is 2.08. The first kappa shape index (κ1) is 14.5. The number of amides is 1. The first-order valence-corrected chi connectivity index (χ1v) is 8.23. The maximum absolute atomic E-state index is 13.1. The highest BCUT2D eigenvalue weighted by Crippen LogP contribution is 2.31. The molecule has 5 nitrogen and oxygen atoms in total. The van der Waals surface area contributed by atoms with Gasteiger partial charge in [0.05, 0.1) is 18.7 Å². The smallest absolute Gasteiger partial charge is 0.259 e. The number of hydrogen-bond donors (Lipinski definition) is 0. The van der Waals surface area contributed by atoms with Gasteiger partial charge in [-0.15, -0.1) is 0 Å². The second-order valence-corrected chi connectivity index (χ2v) is 6.62. The molecule has 0 bridgehead atoms. The fourth-order valence-corrected chi connectivity index (χ4v) is 3.57. The van der Waals surface area contributed by atoms with Crippen molar-refractivity contribution in [2.24, 2.45) is 4.99 Å². The van der Waals surface area contributed by atoms with E-state index in [0.29, 0.717) is 6.54 Å². The third-order valence-corrected chi connectivity index (χ3v) is 4.86. The van der Waals surface area contributed by atoms with E-state index in [1.165, 1.54) is 11.3 Å². The summed E-state index contributed by atoms with van der Waals surface area (Å²) in [6.07, 6.45) is 0.939. The van der Waals surface area contributed by atoms with E-state index in [1.807, 2.05) is 4.90 Å². The lowest BCUT2D eigenvalue weighted by atomic mass is 10.0. The summed E-state index contributed by atoms with van der Waals surface area (Å²) in [5.74, 6) is 0.975. The molecule has 3 aliphatic rings. The molecule has 0 radical (unpaired) electrons. The molecule has 0 N–H and O–H groups in total. The average Bonchev–Trinajstić information content (AvgIpc) is 3.02. The second-order valence-electron chi connectivity index (χ2n) is 6.62. The Labute approximate surface area is 136 Å². The second kappa shape index (κ2) is 5.49. The van der Waals surface area contributed by atoms with Crippen LogP contribution in [0, 0.1) is 6.92 Å². The van der Waals surface area contributed by atoms with Crippen molar-refractivity contribution in [3.8, 4) is 0 Å². The van der Waals surface area contributed by atoms with Crippen molar-refractivity contribution < 1.29 is 4.79 Å². The van der Waals surface area contributed by atoms with Crippen molar-refractivity contribution in [2.45, 2.75) is 19.9 Å². The molecule has 5 heteroatoms. The molecule has 120 valence electrons. The van der Waals surface area contributed by atoms with Crippen molar-refractivity contribution in [3.05, 3.63) is 46.7 Å². The standard InChI is InChI=1S/C18H22N4O/c1-13-3-5-14(6-4-13)11-22-17(23)15-12-20(2)9-7-16(15)21-10-8-19-18(21)22/h3-6H,7-12H2,1-2H3. The summed E-state index contributed by atoms with van der Waals surface area (Å²) in [5.41, 5.74) is 4.53. The average molecular weight is 310 g/mol. The van der Waals surface area contributed by atoms with Gasteiger partial charge >= 0.3 is 0 Å². The zero-order valence-electron chi connectivity index (χ0n) is 13.7. The van der Waals surface area contributed by atoms with Crippen LogP contribution in [0.3, 0.4) is 0 Å². The minimum atomic E-state index is 0.129. The van der Waals surface area contributed by atoms with Gasteiger partial charge in [-0.2, -0.15) is 0 Å². The highest BCUT2D eigenvalue weighted by molar-refractivity contribution is 6.09. The largest absolute Gasteiger partial charge is 0.314 e. The third-order valence-electron chi connectivity index (χ3n) is 4.86. The Kier molecular flexibility index (Phi) is 3.45. The number of benzene rings is 1. The molecule has 0 unspecified atom stereocenters. The number of likely N-dealkylation sites (N-methyl/N-ethyl adjacent to an activating group) is 1. The van der Waals surface area contributed by atoms with Gasteiger partial charge in [0.1, 0.15) is 0 Å². The molecule has 4 rings (SSSR count). The lowest BCUT2D eigenvalue weighted by molar-refractivity contribution is -0.125. The molecule has 0 aromatic heterocycles. The van der Waals surface area contributed by atoms with Crippen LogP contribution in [-0.4, -0.2) is 59.8 Å². The van der Waals surface area contributed by atoms with Gasteiger partial charge in [-0.25, -0.2) is 0 Å². The maximum atomic E-state index is 13.1. The van der Waals surface area contributed by atoms with E-state index in [1.54, 1.807) is 0 Å². The number of nitrogens with zero attached hydrogens (tertiary/aromatic N) is 4. The van der Waals surface area contributed by atoms with Gasteiger partial charge < -0.3 is 9.80 Å². The minimum absolute atomic E-state index is 0.129. The molecule has 1 amide bonds. The van der Waals surface area contributed by atoms with Crippen LogP contribution in [0.2, 0.25) is 0 Å². The summed E-state index contributed by atoms with van der Waals surface area (Å²) in [6.45, 7) is 6.09. The van der Waals surface area contributed by atoms with Crippen molar-refractivity contribution in [1.29, 1.82) is 0 Å². The molecule has 0 spiro atoms. The molecule has 23 heavy (non-hydrogen) atoms. The van der Waals surface area contributed by atoms with Crippen LogP contribution in [0.4, 0.5) is 0 Å². The third kappa shape index (κ3) is 2.45. The molecule has 3 aliphatic heterocycles. The molecule has 0 saturated heterocycles. The Morgan fingerprint density at radius 2 is 1.96 bits per heavy atom. The van der Waals surface area contributed by atoms with Gasteiger partial charge in [-0.05, 0) is 19.5 Å². The van der Waals surface area contributed by atoms with Crippen molar-refractivity contribution in [3.63, 3.8) is 0 Å². The Bertz CT molecular complexity index is 704. The van der Waals surface area contributed by atoms with Gasteiger partial charge in [0.15, 0.2) is 0 Å². The number of aliphatic imine (C=N–C) groups is 1. The first-order chi connectivity index (χ1) is 11.1. The molecule has 0 atom stereocenters. The number of carbonyl (C=O) groups is 1. The quantitative estimate of drug-likeness (QED) is 0.833. The predicted molar refractivity (Wildman–Crippen MR) is 89.9 cm³/mol. The first-order valence-electron chi connectivity index (χ1n) is 8.23. The monoisotopic (exact) mass is 310 g/mol. The lowest BCUT2D eigenvalue weighted by Gasteiger charge is -2.41. The van der Waals surface area contributed by atoms with Gasteiger partial charge in [0.25, 0.3) is 5.91 Å². The summed E-state index contributed by atoms with van der Waals surface area (Å²) in [5, 5.41) is 0. The molecule has 0 fully saturated rings. The van der Waals surface area contributed by atoms with Crippen LogP contribution in [0.15, 0.2) is 40.5 Å². The molecule has 1 aromatic carbocycles. The fraction of sp³-hybridized carbons (Fsp3) is 0.444.